The third-order valence-corrected chi connectivity index (χ3v) is 5.89. The van der Waals surface area contributed by atoms with Crippen LogP contribution in [0.2, 0.25) is 0 Å². The molecule has 3 aromatic carbocycles. The van der Waals surface area contributed by atoms with Gasteiger partial charge in [-0.1, -0.05) is 48.5 Å². The summed E-state index contributed by atoms with van der Waals surface area (Å²) in [5, 5.41) is 3.24. The monoisotopic (exact) mass is 390 g/mol. The van der Waals surface area contributed by atoms with Crippen molar-refractivity contribution in [2.45, 2.75) is 6.92 Å². The molecule has 30 heavy (non-hydrogen) atoms. The number of benzene rings is 3. The maximum absolute atomic E-state index is 6.13. The van der Waals surface area contributed by atoms with Gasteiger partial charge in [0.05, 0.1) is 10.9 Å². The van der Waals surface area contributed by atoms with Gasteiger partial charge in [-0.25, -0.2) is 4.57 Å². The SMILES string of the molecule is Cc1cc2c(cc1-c1cc(-c3ccccc3)cc[n+]1C)oc1oc3ccccc3c12. The summed E-state index contributed by atoms with van der Waals surface area (Å²) >= 11 is 0. The molecule has 0 aliphatic carbocycles. The molecule has 0 bridgehead atoms. The largest absolute Gasteiger partial charge is 0.425 e. The van der Waals surface area contributed by atoms with Gasteiger partial charge in [-0.05, 0) is 41.8 Å². The molecule has 0 fully saturated rings. The number of nitrogens with zero attached hydrogens (tertiary/aromatic N) is 1. The Bertz CT molecular complexity index is 1550. The standard InChI is InChI=1S/C27H20NO2/c1-17-14-22-25(30-27-26(22)20-10-6-7-11-24(20)29-27)16-21(17)23-15-19(12-13-28(23)2)18-8-4-3-5-9-18/h3-16H,1-2H3/q+1. The fourth-order valence-electron chi connectivity index (χ4n) is 4.34. The van der Waals surface area contributed by atoms with Crippen molar-refractivity contribution in [2.75, 3.05) is 0 Å². The molecule has 0 aliphatic heterocycles. The summed E-state index contributed by atoms with van der Waals surface area (Å²) in [5.41, 5.74) is 7.62. The number of aromatic nitrogens is 1. The van der Waals surface area contributed by atoms with E-state index < -0.39 is 0 Å². The van der Waals surface area contributed by atoms with E-state index in [4.69, 9.17) is 8.83 Å². The molecule has 3 heterocycles. The predicted molar refractivity (Wildman–Crippen MR) is 120 cm³/mol. The number of pyridine rings is 1. The molecule has 6 aromatic rings. The minimum absolute atomic E-state index is 0.588. The minimum atomic E-state index is 0.588. The van der Waals surface area contributed by atoms with Crippen LogP contribution in [-0.2, 0) is 7.05 Å². The fraction of sp³-hybridized carbons (Fsp3) is 0.0741. The van der Waals surface area contributed by atoms with Gasteiger partial charge in [0.25, 0.3) is 5.78 Å². The lowest BCUT2D eigenvalue weighted by molar-refractivity contribution is -0.660. The molecule has 144 valence electrons. The highest BCUT2D eigenvalue weighted by Crippen LogP contribution is 2.39. The highest BCUT2D eigenvalue weighted by Gasteiger charge is 2.20. The van der Waals surface area contributed by atoms with Gasteiger partial charge >= 0.3 is 0 Å². The van der Waals surface area contributed by atoms with Gasteiger partial charge in [0.2, 0.25) is 5.69 Å². The number of para-hydroxylation sites is 1. The van der Waals surface area contributed by atoms with Crippen molar-refractivity contribution in [3.05, 3.63) is 90.6 Å². The second kappa shape index (κ2) is 6.33. The Morgan fingerprint density at radius 2 is 1.47 bits per heavy atom. The lowest BCUT2D eigenvalue weighted by atomic mass is 9.98. The summed E-state index contributed by atoms with van der Waals surface area (Å²) in [6.07, 6.45) is 2.11. The Morgan fingerprint density at radius 1 is 0.700 bits per heavy atom. The van der Waals surface area contributed by atoms with Crippen LogP contribution in [0.5, 0.6) is 0 Å². The van der Waals surface area contributed by atoms with Crippen molar-refractivity contribution < 1.29 is 13.4 Å². The van der Waals surface area contributed by atoms with Gasteiger partial charge in [-0.2, -0.15) is 0 Å². The Kier molecular flexibility index (Phi) is 3.59. The zero-order valence-corrected chi connectivity index (χ0v) is 16.8. The van der Waals surface area contributed by atoms with E-state index in [0.29, 0.717) is 5.78 Å². The van der Waals surface area contributed by atoms with Crippen molar-refractivity contribution in [1.82, 2.24) is 0 Å². The molecule has 0 atom stereocenters. The van der Waals surface area contributed by atoms with Crippen LogP contribution in [0.4, 0.5) is 0 Å². The molecule has 0 spiro atoms. The zero-order valence-electron chi connectivity index (χ0n) is 16.8. The molecular formula is C27H20NO2+. The third-order valence-electron chi connectivity index (χ3n) is 5.89. The average molecular weight is 390 g/mol. The van der Waals surface area contributed by atoms with E-state index >= 15 is 0 Å². The van der Waals surface area contributed by atoms with Gasteiger partial charge < -0.3 is 8.83 Å². The minimum Gasteiger partial charge on any atom is -0.425 e. The molecule has 3 aromatic heterocycles. The Labute approximate surface area is 173 Å². The molecule has 6 rings (SSSR count). The predicted octanol–water partition coefficient (Wildman–Crippen LogP) is 6.80. The first-order chi connectivity index (χ1) is 14.7. The Hall–Kier alpha value is -3.85. The van der Waals surface area contributed by atoms with Gasteiger partial charge in [0.1, 0.15) is 18.2 Å². The lowest BCUT2D eigenvalue weighted by Gasteiger charge is -2.07. The number of hydrogen-bond donors (Lipinski definition) is 0. The van der Waals surface area contributed by atoms with E-state index in [-0.39, 0.29) is 0 Å². The van der Waals surface area contributed by atoms with Crippen molar-refractivity contribution in [1.29, 1.82) is 0 Å². The molecular weight excluding hydrogens is 370 g/mol. The number of aryl methyl sites for hydroxylation is 2. The molecule has 3 heteroatoms. The van der Waals surface area contributed by atoms with Crippen molar-refractivity contribution in [3.63, 3.8) is 0 Å². The lowest BCUT2D eigenvalue weighted by Crippen LogP contribution is -2.30. The van der Waals surface area contributed by atoms with E-state index in [1.54, 1.807) is 0 Å². The first kappa shape index (κ1) is 17.0. The Morgan fingerprint density at radius 3 is 2.33 bits per heavy atom. The van der Waals surface area contributed by atoms with Crippen LogP contribution in [0.15, 0.2) is 93.9 Å². The molecule has 0 saturated heterocycles. The van der Waals surface area contributed by atoms with Crippen molar-refractivity contribution >= 4 is 33.1 Å². The quantitative estimate of drug-likeness (QED) is 0.304. The number of rotatable bonds is 2. The van der Waals surface area contributed by atoms with Gasteiger partial charge in [-0.3, -0.25) is 0 Å². The van der Waals surface area contributed by atoms with Crippen LogP contribution in [-0.4, -0.2) is 0 Å². The molecule has 0 saturated carbocycles. The highest BCUT2D eigenvalue weighted by molar-refractivity contribution is 6.17. The van der Waals surface area contributed by atoms with Crippen LogP contribution in [0.25, 0.3) is 55.5 Å². The average Bonchev–Trinajstić information content (AvgIpc) is 3.30. The molecule has 0 aliphatic rings. The molecule has 0 N–H and O–H groups in total. The van der Waals surface area contributed by atoms with E-state index in [9.17, 15) is 0 Å². The molecule has 3 nitrogen and oxygen atoms in total. The number of fused-ring (bicyclic) bond motifs is 5. The fourth-order valence-corrected chi connectivity index (χ4v) is 4.34. The van der Waals surface area contributed by atoms with E-state index in [0.717, 1.165) is 38.6 Å². The molecule has 0 radical (unpaired) electrons. The first-order valence-corrected chi connectivity index (χ1v) is 10.1. The summed E-state index contributed by atoms with van der Waals surface area (Å²) in [7, 11) is 2.08. The Balaban J connectivity index is 1.58. The second-order valence-corrected chi connectivity index (χ2v) is 7.80. The second-order valence-electron chi connectivity index (χ2n) is 7.80. The van der Waals surface area contributed by atoms with E-state index in [1.807, 2.05) is 24.3 Å². The summed E-state index contributed by atoms with van der Waals surface area (Å²) in [6, 6.07) is 27.3. The number of furan rings is 2. The maximum Gasteiger partial charge on any atom is 0.299 e. The summed E-state index contributed by atoms with van der Waals surface area (Å²) in [5.74, 6) is 0.588. The van der Waals surface area contributed by atoms with E-state index in [1.165, 1.54) is 16.7 Å². The number of hydrogen-bond acceptors (Lipinski definition) is 2. The highest BCUT2D eigenvalue weighted by atomic mass is 16.5. The van der Waals surface area contributed by atoms with E-state index in [2.05, 4.69) is 79.3 Å². The van der Waals surface area contributed by atoms with Crippen molar-refractivity contribution in [3.8, 4) is 22.4 Å². The maximum atomic E-state index is 6.13. The summed E-state index contributed by atoms with van der Waals surface area (Å²) in [4.78, 5) is 0. The van der Waals surface area contributed by atoms with Crippen LogP contribution in [0.3, 0.4) is 0 Å². The topological polar surface area (TPSA) is 30.2 Å². The third kappa shape index (κ3) is 2.49. The van der Waals surface area contributed by atoms with Crippen LogP contribution in [0.1, 0.15) is 5.56 Å². The first-order valence-electron chi connectivity index (χ1n) is 10.1. The van der Waals surface area contributed by atoms with Crippen LogP contribution < -0.4 is 4.57 Å². The smallest absolute Gasteiger partial charge is 0.299 e. The normalized spacial score (nSPS) is 11.7. The van der Waals surface area contributed by atoms with Crippen LogP contribution in [0, 0.1) is 6.92 Å². The molecule has 0 unspecified atom stereocenters. The van der Waals surface area contributed by atoms with Gasteiger partial charge in [0.15, 0.2) is 6.20 Å². The van der Waals surface area contributed by atoms with Gasteiger partial charge in [0, 0.05) is 22.9 Å². The van der Waals surface area contributed by atoms with Crippen molar-refractivity contribution in [2.24, 2.45) is 7.05 Å². The summed E-state index contributed by atoms with van der Waals surface area (Å²) < 4.78 is 14.2. The van der Waals surface area contributed by atoms with Gasteiger partial charge in [-0.15, -0.1) is 0 Å². The molecule has 0 amide bonds. The summed E-state index contributed by atoms with van der Waals surface area (Å²) in [6.45, 7) is 2.16. The zero-order chi connectivity index (χ0) is 20.2. The van der Waals surface area contributed by atoms with Crippen LogP contribution >= 0.6 is 0 Å².